The van der Waals surface area contributed by atoms with Gasteiger partial charge in [0.2, 0.25) is 0 Å². The molecule has 6 nitrogen and oxygen atoms in total. The molecule has 134 valence electrons. The van der Waals surface area contributed by atoms with Crippen molar-refractivity contribution in [2.24, 2.45) is 0 Å². The topological polar surface area (TPSA) is 58.0 Å². The number of nitrogens with one attached hydrogen (secondary N) is 1. The van der Waals surface area contributed by atoms with Gasteiger partial charge in [-0.3, -0.25) is 4.90 Å². The van der Waals surface area contributed by atoms with Crippen molar-refractivity contribution >= 4 is 6.03 Å². The summed E-state index contributed by atoms with van der Waals surface area (Å²) in [5.74, 6) is 1.68. The number of nitrogens with zero attached hydrogens (tertiary/aromatic N) is 2. The zero-order chi connectivity index (χ0) is 16.9. The fourth-order valence-electron chi connectivity index (χ4n) is 3.88. The largest absolute Gasteiger partial charge is 0.464 e. The molecule has 2 aliphatic heterocycles. The summed E-state index contributed by atoms with van der Waals surface area (Å²) in [4.78, 5) is 17.1. The average Bonchev–Trinajstić information content (AvgIpc) is 3.18. The van der Waals surface area contributed by atoms with Crippen LogP contribution in [-0.2, 0) is 11.3 Å². The van der Waals surface area contributed by atoms with E-state index in [4.69, 9.17) is 9.15 Å². The van der Waals surface area contributed by atoms with E-state index in [0.29, 0.717) is 25.7 Å². The highest BCUT2D eigenvalue weighted by molar-refractivity contribution is 5.74. The molecule has 0 aromatic carbocycles. The van der Waals surface area contributed by atoms with Crippen LogP contribution in [0.25, 0.3) is 0 Å². The standard InChI is InChI=1S/C18H29N3O3/c1-14-6-7-15(24-14)13-21(11-12-23-2)18(22)19-16-8-10-20-9-4-3-5-17(16)20/h6-7,16-17H,3-5,8-13H2,1-2H3,(H,19,22)/t16-,17-/m1/s1. The molecule has 2 aliphatic rings. The number of hydrogen-bond donors (Lipinski definition) is 1. The van der Waals surface area contributed by atoms with Crippen molar-refractivity contribution in [3.05, 3.63) is 23.7 Å². The molecule has 0 spiro atoms. The molecule has 2 amide bonds. The van der Waals surface area contributed by atoms with E-state index in [1.165, 1.54) is 25.8 Å². The second-order valence-electron chi connectivity index (χ2n) is 6.87. The minimum atomic E-state index is -0.0153. The highest BCUT2D eigenvalue weighted by Crippen LogP contribution is 2.27. The van der Waals surface area contributed by atoms with Gasteiger partial charge in [0, 0.05) is 32.3 Å². The second kappa shape index (κ2) is 8.03. The van der Waals surface area contributed by atoms with Crippen LogP contribution in [0.3, 0.4) is 0 Å². The summed E-state index contributed by atoms with van der Waals surface area (Å²) < 4.78 is 10.8. The number of aryl methyl sites for hydroxylation is 1. The molecule has 0 radical (unpaired) electrons. The SMILES string of the molecule is COCCN(Cc1ccc(C)o1)C(=O)N[C@@H]1CCN2CCCC[C@H]12. The van der Waals surface area contributed by atoms with Gasteiger partial charge < -0.3 is 19.4 Å². The van der Waals surface area contributed by atoms with Crippen LogP contribution in [0.2, 0.25) is 0 Å². The Labute approximate surface area is 144 Å². The molecule has 1 N–H and O–H groups in total. The van der Waals surface area contributed by atoms with Crippen molar-refractivity contribution in [2.45, 2.75) is 51.2 Å². The number of rotatable bonds is 6. The van der Waals surface area contributed by atoms with Crippen LogP contribution in [0.5, 0.6) is 0 Å². The molecule has 0 saturated carbocycles. The van der Waals surface area contributed by atoms with Crippen molar-refractivity contribution in [3.63, 3.8) is 0 Å². The lowest BCUT2D eigenvalue weighted by Crippen LogP contribution is -2.51. The third-order valence-electron chi connectivity index (χ3n) is 5.16. The number of urea groups is 1. The number of furan rings is 1. The number of carbonyl (C=O) groups is 1. The lowest BCUT2D eigenvalue weighted by Gasteiger charge is -2.33. The van der Waals surface area contributed by atoms with E-state index in [-0.39, 0.29) is 12.1 Å². The fraction of sp³-hybridized carbons (Fsp3) is 0.722. The Kier molecular flexibility index (Phi) is 5.79. The molecule has 2 atom stereocenters. The predicted octanol–water partition coefficient (Wildman–Crippen LogP) is 2.37. The van der Waals surface area contributed by atoms with Gasteiger partial charge in [-0.1, -0.05) is 6.42 Å². The van der Waals surface area contributed by atoms with Gasteiger partial charge in [0.25, 0.3) is 0 Å². The first kappa shape index (κ1) is 17.3. The van der Waals surface area contributed by atoms with E-state index in [1.807, 2.05) is 19.1 Å². The summed E-state index contributed by atoms with van der Waals surface area (Å²) >= 11 is 0. The second-order valence-corrected chi connectivity index (χ2v) is 6.87. The summed E-state index contributed by atoms with van der Waals surface area (Å²) in [6, 6.07) is 4.62. The lowest BCUT2D eigenvalue weighted by molar-refractivity contribution is 0.136. The first-order chi connectivity index (χ1) is 11.7. The van der Waals surface area contributed by atoms with Gasteiger partial charge in [-0.25, -0.2) is 4.79 Å². The molecular formula is C18H29N3O3. The molecular weight excluding hydrogens is 306 g/mol. The van der Waals surface area contributed by atoms with E-state index in [9.17, 15) is 4.79 Å². The van der Waals surface area contributed by atoms with Crippen LogP contribution in [-0.4, -0.2) is 61.3 Å². The van der Waals surface area contributed by atoms with Crippen molar-refractivity contribution in [3.8, 4) is 0 Å². The Morgan fingerprint density at radius 1 is 1.38 bits per heavy atom. The van der Waals surface area contributed by atoms with E-state index in [2.05, 4.69) is 10.2 Å². The third kappa shape index (κ3) is 4.11. The van der Waals surface area contributed by atoms with E-state index >= 15 is 0 Å². The van der Waals surface area contributed by atoms with Gasteiger partial charge >= 0.3 is 6.03 Å². The van der Waals surface area contributed by atoms with Gasteiger partial charge in [-0.05, 0) is 44.9 Å². The van der Waals surface area contributed by atoms with Crippen LogP contribution in [0.1, 0.15) is 37.2 Å². The molecule has 3 rings (SSSR count). The van der Waals surface area contributed by atoms with Gasteiger partial charge in [0.05, 0.1) is 13.2 Å². The fourth-order valence-corrected chi connectivity index (χ4v) is 3.88. The number of carbonyl (C=O) groups excluding carboxylic acids is 1. The van der Waals surface area contributed by atoms with Crippen molar-refractivity contribution in [1.29, 1.82) is 0 Å². The zero-order valence-electron chi connectivity index (χ0n) is 14.8. The Bertz CT molecular complexity index is 545. The maximum atomic E-state index is 12.8. The summed E-state index contributed by atoms with van der Waals surface area (Å²) in [6.07, 6.45) is 4.80. The highest BCUT2D eigenvalue weighted by atomic mass is 16.5. The van der Waals surface area contributed by atoms with Gasteiger partial charge in [-0.15, -0.1) is 0 Å². The Hall–Kier alpha value is -1.53. The van der Waals surface area contributed by atoms with Crippen LogP contribution < -0.4 is 5.32 Å². The molecule has 1 aromatic rings. The van der Waals surface area contributed by atoms with Crippen molar-refractivity contribution in [2.75, 3.05) is 33.4 Å². The Morgan fingerprint density at radius 2 is 2.25 bits per heavy atom. The smallest absolute Gasteiger partial charge is 0.318 e. The number of fused-ring (bicyclic) bond motifs is 1. The highest BCUT2D eigenvalue weighted by Gasteiger charge is 2.36. The minimum Gasteiger partial charge on any atom is -0.464 e. The maximum absolute atomic E-state index is 12.8. The van der Waals surface area contributed by atoms with Crippen LogP contribution >= 0.6 is 0 Å². The Balaban J connectivity index is 1.60. The zero-order valence-corrected chi connectivity index (χ0v) is 14.8. The molecule has 24 heavy (non-hydrogen) atoms. The summed E-state index contributed by atoms with van der Waals surface area (Å²) in [5, 5.41) is 3.26. The minimum absolute atomic E-state index is 0.0153. The monoisotopic (exact) mass is 335 g/mol. The molecule has 6 heteroatoms. The molecule has 0 bridgehead atoms. The number of methoxy groups -OCH3 is 1. The van der Waals surface area contributed by atoms with Crippen LogP contribution in [0.4, 0.5) is 4.79 Å². The molecule has 2 fully saturated rings. The number of amides is 2. The first-order valence-corrected chi connectivity index (χ1v) is 9.01. The molecule has 0 aliphatic carbocycles. The molecule has 0 unspecified atom stereocenters. The van der Waals surface area contributed by atoms with Crippen LogP contribution in [0, 0.1) is 6.92 Å². The van der Waals surface area contributed by atoms with Crippen LogP contribution in [0.15, 0.2) is 16.5 Å². The van der Waals surface area contributed by atoms with Gasteiger partial charge in [0.15, 0.2) is 0 Å². The molecule has 1 aromatic heterocycles. The maximum Gasteiger partial charge on any atom is 0.318 e. The number of piperidine rings is 1. The Morgan fingerprint density at radius 3 is 3.00 bits per heavy atom. The van der Waals surface area contributed by atoms with E-state index in [1.54, 1.807) is 12.0 Å². The summed E-state index contributed by atoms with van der Waals surface area (Å²) in [5.41, 5.74) is 0. The summed E-state index contributed by atoms with van der Waals surface area (Å²) in [6.45, 7) is 5.75. The van der Waals surface area contributed by atoms with Crippen molar-refractivity contribution in [1.82, 2.24) is 15.1 Å². The lowest BCUT2D eigenvalue weighted by atomic mass is 9.99. The van der Waals surface area contributed by atoms with E-state index < -0.39 is 0 Å². The molecule has 2 saturated heterocycles. The third-order valence-corrected chi connectivity index (χ3v) is 5.16. The number of ether oxygens (including phenoxy) is 1. The van der Waals surface area contributed by atoms with E-state index in [0.717, 1.165) is 24.5 Å². The predicted molar refractivity (Wildman–Crippen MR) is 91.9 cm³/mol. The quantitative estimate of drug-likeness (QED) is 0.867. The summed E-state index contributed by atoms with van der Waals surface area (Å²) in [7, 11) is 1.66. The van der Waals surface area contributed by atoms with Gasteiger partial charge in [0.1, 0.15) is 11.5 Å². The molecule has 3 heterocycles. The number of hydrogen-bond acceptors (Lipinski definition) is 4. The normalized spacial score (nSPS) is 23.9. The van der Waals surface area contributed by atoms with Crippen molar-refractivity contribution < 1.29 is 13.9 Å². The first-order valence-electron chi connectivity index (χ1n) is 9.01. The average molecular weight is 335 g/mol. The van der Waals surface area contributed by atoms with Gasteiger partial charge in [-0.2, -0.15) is 0 Å².